The fourth-order valence-corrected chi connectivity index (χ4v) is 3.49. The fraction of sp³-hybridized carbons (Fsp3) is 0.375. The first-order valence-corrected chi connectivity index (χ1v) is 8.67. The molecule has 5 nitrogen and oxygen atoms in total. The maximum absolute atomic E-state index is 13.9. The molecule has 0 unspecified atom stereocenters. The molecular formula is C16H14F5N3O2S. The van der Waals surface area contributed by atoms with Gasteiger partial charge in [-0.1, -0.05) is 11.3 Å². The van der Waals surface area contributed by atoms with Crippen LogP contribution >= 0.6 is 11.3 Å². The van der Waals surface area contributed by atoms with E-state index < -0.39 is 36.4 Å². The van der Waals surface area contributed by atoms with E-state index >= 15 is 0 Å². The van der Waals surface area contributed by atoms with Gasteiger partial charge in [-0.25, -0.2) is 13.6 Å². The largest absolute Gasteiger partial charge is 0.419 e. The number of urea groups is 1. The van der Waals surface area contributed by atoms with Crippen molar-refractivity contribution >= 4 is 17.4 Å². The van der Waals surface area contributed by atoms with Crippen molar-refractivity contribution in [1.29, 1.82) is 0 Å². The van der Waals surface area contributed by atoms with Crippen LogP contribution in [0.15, 0.2) is 29.4 Å². The second kappa shape index (κ2) is 7.39. The smallest absolute Gasteiger partial charge is 0.391 e. The number of carbonyl (C=O) groups excluding carboxylic acids is 1. The normalized spacial score (nSPS) is 18.4. The van der Waals surface area contributed by atoms with Gasteiger partial charge >= 0.3 is 12.2 Å². The van der Waals surface area contributed by atoms with Crippen LogP contribution in [0.2, 0.25) is 0 Å². The highest BCUT2D eigenvalue weighted by Crippen LogP contribution is 2.32. The number of alkyl halides is 4. The van der Waals surface area contributed by atoms with Crippen LogP contribution < -0.4 is 4.80 Å². The van der Waals surface area contributed by atoms with Crippen LogP contribution in [0.3, 0.4) is 0 Å². The molecule has 1 aromatic carbocycles. The summed E-state index contributed by atoms with van der Waals surface area (Å²) in [6, 6.07) is 1.60. The van der Waals surface area contributed by atoms with Crippen molar-refractivity contribution in [2.45, 2.75) is 25.4 Å². The number of carbonyl (C=O) groups is 1. The molecule has 0 radical (unpaired) electrons. The van der Waals surface area contributed by atoms with E-state index in [4.69, 9.17) is 0 Å². The summed E-state index contributed by atoms with van der Waals surface area (Å²) in [6.07, 6.45) is -4.41. The van der Waals surface area contributed by atoms with Gasteiger partial charge in [0.2, 0.25) is 0 Å². The van der Waals surface area contributed by atoms with Gasteiger partial charge in [-0.15, -0.1) is 0 Å². The number of rotatable bonds is 2. The van der Waals surface area contributed by atoms with Gasteiger partial charge in [0.15, 0.2) is 4.80 Å². The number of benzene rings is 1. The average molecular weight is 407 g/mol. The minimum absolute atomic E-state index is 0.00721. The summed E-state index contributed by atoms with van der Waals surface area (Å²) in [6.45, 7) is -0.278. The van der Waals surface area contributed by atoms with E-state index in [-0.39, 0.29) is 30.0 Å². The van der Waals surface area contributed by atoms with Gasteiger partial charge in [0.05, 0.1) is 29.3 Å². The number of aliphatic hydroxyl groups excluding tert-OH is 1. The molecule has 2 aromatic rings. The van der Waals surface area contributed by atoms with Crippen molar-refractivity contribution in [3.63, 3.8) is 0 Å². The van der Waals surface area contributed by atoms with Gasteiger partial charge in [0, 0.05) is 12.7 Å². The zero-order valence-corrected chi connectivity index (χ0v) is 14.5. The molecular weight excluding hydrogens is 393 g/mol. The van der Waals surface area contributed by atoms with Gasteiger partial charge in [0.1, 0.15) is 12.0 Å². The van der Waals surface area contributed by atoms with Crippen LogP contribution in [0.4, 0.5) is 26.7 Å². The first kappa shape index (κ1) is 19.5. The van der Waals surface area contributed by atoms with Crippen LogP contribution in [0, 0.1) is 5.82 Å². The number of aromatic nitrogens is 1. The topological polar surface area (TPSA) is 57.8 Å². The molecule has 1 atom stereocenters. The van der Waals surface area contributed by atoms with Crippen molar-refractivity contribution in [2.24, 2.45) is 4.99 Å². The van der Waals surface area contributed by atoms with Gasteiger partial charge in [-0.05, 0) is 24.6 Å². The van der Waals surface area contributed by atoms with E-state index in [9.17, 15) is 31.9 Å². The molecule has 27 heavy (non-hydrogen) atoms. The third-order valence-electron chi connectivity index (χ3n) is 3.99. The summed E-state index contributed by atoms with van der Waals surface area (Å²) in [7, 11) is 0. The molecule has 0 saturated carbocycles. The Morgan fingerprint density at radius 2 is 2.11 bits per heavy atom. The third kappa shape index (κ3) is 4.19. The highest BCUT2D eigenvalue weighted by Gasteiger charge is 2.34. The molecule has 0 spiro atoms. The van der Waals surface area contributed by atoms with Crippen molar-refractivity contribution < 1.29 is 31.9 Å². The number of hydrogen-bond donors (Lipinski definition) is 1. The Labute approximate surface area is 154 Å². The van der Waals surface area contributed by atoms with Crippen LogP contribution in [0.5, 0.6) is 0 Å². The number of aliphatic hydroxyl groups is 1. The summed E-state index contributed by atoms with van der Waals surface area (Å²) < 4.78 is 66.5. The van der Waals surface area contributed by atoms with Crippen LogP contribution in [0.25, 0.3) is 5.69 Å². The summed E-state index contributed by atoms with van der Waals surface area (Å²) in [4.78, 5) is 17.7. The van der Waals surface area contributed by atoms with E-state index in [2.05, 4.69) is 4.99 Å². The standard InChI is InChI=1S/C16H14F5N3O2S/c17-9-3-4-23(6-9)14(26)22-15-24(7-11(8-25)27-15)10-1-2-12(13(18)5-10)16(19,20)21/h1-2,5,7,9,25H,3-4,6,8H2/t9-/m1/s1. The molecule has 1 aliphatic rings. The van der Waals surface area contributed by atoms with E-state index in [1.54, 1.807) is 0 Å². The fourth-order valence-electron chi connectivity index (χ4n) is 2.65. The van der Waals surface area contributed by atoms with Crippen LogP contribution in [0.1, 0.15) is 16.9 Å². The molecule has 0 bridgehead atoms. The number of halogens is 5. The first-order chi connectivity index (χ1) is 12.7. The lowest BCUT2D eigenvalue weighted by atomic mass is 10.2. The Hall–Kier alpha value is -2.27. The zero-order chi connectivity index (χ0) is 19.8. The van der Waals surface area contributed by atoms with Crippen molar-refractivity contribution in [3.8, 4) is 5.69 Å². The van der Waals surface area contributed by atoms with E-state index in [0.29, 0.717) is 17.0 Å². The Kier molecular flexibility index (Phi) is 5.33. The van der Waals surface area contributed by atoms with Crippen molar-refractivity contribution in [1.82, 2.24) is 9.47 Å². The molecule has 11 heteroatoms. The second-order valence-corrected chi connectivity index (χ2v) is 6.99. The van der Waals surface area contributed by atoms with Crippen molar-refractivity contribution in [3.05, 3.63) is 45.5 Å². The van der Waals surface area contributed by atoms with E-state index in [1.165, 1.54) is 15.7 Å². The maximum Gasteiger partial charge on any atom is 0.419 e. The molecule has 0 aliphatic carbocycles. The monoisotopic (exact) mass is 407 g/mol. The number of thiazole rings is 1. The number of likely N-dealkylation sites (tertiary alicyclic amines) is 1. The van der Waals surface area contributed by atoms with Crippen LogP contribution in [-0.4, -0.2) is 39.9 Å². The predicted octanol–water partition coefficient (Wildman–Crippen LogP) is 3.25. The minimum Gasteiger partial charge on any atom is -0.391 e. The Morgan fingerprint density at radius 3 is 2.67 bits per heavy atom. The highest BCUT2D eigenvalue weighted by molar-refractivity contribution is 7.09. The van der Waals surface area contributed by atoms with E-state index in [1.807, 2.05) is 0 Å². The SMILES string of the molecule is O=C(N=c1sc(CO)cn1-c1ccc(C(F)(F)F)c(F)c1)N1CC[C@@H](F)C1. The van der Waals surface area contributed by atoms with Gasteiger partial charge in [-0.3, -0.25) is 4.57 Å². The summed E-state index contributed by atoms with van der Waals surface area (Å²) in [5, 5.41) is 9.30. The number of amides is 2. The lowest BCUT2D eigenvalue weighted by Gasteiger charge is -2.11. The predicted molar refractivity (Wildman–Crippen MR) is 86.6 cm³/mol. The van der Waals surface area contributed by atoms with E-state index in [0.717, 1.165) is 17.4 Å². The Morgan fingerprint density at radius 1 is 1.37 bits per heavy atom. The summed E-state index contributed by atoms with van der Waals surface area (Å²) >= 11 is 0.918. The highest BCUT2D eigenvalue weighted by atomic mass is 32.1. The third-order valence-corrected chi connectivity index (χ3v) is 4.95. The quantitative estimate of drug-likeness (QED) is 0.777. The van der Waals surface area contributed by atoms with Gasteiger partial charge < -0.3 is 10.0 Å². The number of nitrogens with zero attached hydrogens (tertiary/aromatic N) is 3. The van der Waals surface area contributed by atoms with Gasteiger partial charge in [0.25, 0.3) is 0 Å². The maximum atomic E-state index is 13.9. The molecule has 1 aromatic heterocycles. The van der Waals surface area contributed by atoms with Crippen molar-refractivity contribution in [2.75, 3.05) is 13.1 Å². The minimum atomic E-state index is -4.83. The molecule has 1 fully saturated rings. The summed E-state index contributed by atoms with van der Waals surface area (Å²) in [5.41, 5.74) is -1.40. The van der Waals surface area contributed by atoms with Crippen LogP contribution in [-0.2, 0) is 12.8 Å². The Balaban J connectivity index is 2.01. The average Bonchev–Trinajstić information content (AvgIpc) is 3.19. The molecule has 146 valence electrons. The second-order valence-electron chi connectivity index (χ2n) is 5.90. The Bertz CT molecular complexity index is 922. The lowest BCUT2D eigenvalue weighted by Crippen LogP contribution is -2.28. The van der Waals surface area contributed by atoms with Gasteiger partial charge in [-0.2, -0.15) is 18.2 Å². The summed E-state index contributed by atoms with van der Waals surface area (Å²) in [5.74, 6) is -1.47. The molecule has 1 aliphatic heterocycles. The number of hydrogen-bond acceptors (Lipinski definition) is 3. The molecule has 2 heterocycles. The zero-order valence-electron chi connectivity index (χ0n) is 13.7. The molecule has 2 amide bonds. The molecule has 1 saturated heterocycles. The lowest BCUT2D eigenvalue weighted by molar-refractivity contribution is -0.139. The first-order valence-electron chi connectivity index (χ1n) is 7.86. The molecule has 1 N–H and O–H groups in total. The molecule has 3 rings (SSSR count).